The molecule has 0 bridgehead atoms. The maximum atomic E-state index is 6.08. The molecule has 3 rings (SSSR count). The summed E-state index contributed by atoms with van der Waals surface area (Å²) in [6.07, 6.45) is 0. The summed E-state index contributed by atoms with van der Waals surface area (Å²) >= 11 is 6.08. The first-order chi connectivity index (χ1) is 10.5. The molecule has 0 spiro atoms. The Morgan fingerprint density at radius 3 is 2.27 bits per heavy atom. The highest BCUT2D eigenvalue weighted by atomic mass is 35.5. The molecular weight excluding hydrogens is 298 g/mol. The Bertz CT molecular complexity index is 827. The SMILES string of the molecule is Cc1cc(-c2nnc(N)nc2-c2cccc(Cl)c2)cc(C)n1. The highest BCUT2D eigenvalue weighted by molar-refractivity contribution is 6.30. The van der Waals surface area contributed by atoms with Gasteiger partial charge < -0.3 is 5.73 Å². The summed E-state index contributed by atoms with van der Waals surface area (Å²) in [5.74, 6) is 0.126. The van der Waals surface area contributed by atoms with Gasteiger partial charge in [0, 0.05) is 27.5 Å². The molecule has 110 valence electrons. The van der Waals surface area contributed by atoms with Crippen molar-refractivity contribution in [2.24, 2.45) is 0 Å². The third-order valence-electron chi connectivity index (χ3n) is 3.16. The molecule has 0 amide bonds. The van der Waals surface area contributed by atoms with Crippen molar-refractivity contribution in [1.82, 2.24) is 20.2 Å². The van der Waals surface area contributed by atoms with E-state index in [9.17, 15) is 0 Å². The zero-order chi connectivity index (χ0) is 15.7. The lowest BCUT2D eigenvalue weighted by molar-refractivity contribution is 0.994. The van der Waals surface area contributed by atoms with E-state index in [-0.39, 0.29) is 5.95 Å². The Hall–Kier alpha value is -2.53. The lowest BCUT2D eigenvalue weighted by Crippen LogP contribution is -2.03. The molecule has 0 aliphatic carbocycles. The van der Waals surface area contributed by atoms with Gasteiger partial charge in [-0.15, -0.1) is 10.2 Å². The fourth-order valence-corrected chi connectivity index (χ4v) is 2.53. The summed E-state index contributed by atoms with van der Waals surface area (Å²) in [5.41, 5.74) is 10.6. The number of halogens is 1. The quantitative estimate of drug-likeness (QED) is 0.784. The van der Waals surface area contributed by atoms with E-state index in [1.165, 1.54) is 0 Å². The van der Waals surface area contributed by atoms with Crippen molar-refractivity contribution in [2.75, 3.05) is 5.73 Å². The number of hydrogen-bond acceptors (Lipinski definition) is 5. The maximum Gasteiger partial charge on any atom is 0.240 e. The average molecular weight is 312 g/mol. The summed E-state index contributed by atoms with van der Waals surface area (Å²) < 4.78 is 0. The number of pyridine rings is 1. The zero-order valence-electron chi connectivity index (χ0n) is 12.2. The van der Waals surface area contributed by atoms with Crippen LogP contribution in [0.5, 0.6) is 0 Å². The van der Waals surface area contributed by atoms with Gasteiger partial charge in [0.25, 0.3) is 0 Å². The van der Waals surface area contributed by atoms with Gasteiger partial charge in [0.1, 0.15) is 11.4 Å². The standard InChI is InChI=1S/C16H14ClN5/c1-9-6-12(7-10(2)19-9)15-14(20-16(18)22-21-15)11-4-3-5-13(17)8-11/h3-8H,1-2H3,(H2,18,20,22). The third kappa shape index (κ3) is 2.89. The molecule has 0 saturated carbocycles. The number of aryl methyl sites for hydroxylation is 2. The van der Waals surface area contributed by atoms with Crippen molar-refractivity contribution in [3.8, 4) is 22.5 Å². The predicted molar refractivity (Wildman–Crippen MR) is 87.4 cm³/mol. The van der Waals surface area contributed by atoms with E-state index in [0.29, 0.717) is 16.4 Å². The molecule has 22 heavy (non-hydrogen) atoms. The second-order valence-corrected chi connectivity index (χ2v) is 5.45. The van der Waals surface area contributed by atoms with Gasteiger partial charge in [-0.2, -0.15) is 0 Å². The van der Waals surface area contributed by atoms with Gasteiger partial charge >= 0.3 is 0 Å². The van der Waals surface area contributed by atoms with Crippen molar-refractivity contribution in [2.45, 2.75) is 13.8 Å². The first-order valence-electron chi connectivity index (χ1n) is 6.75. The summed E-state index contributed by atoms with van der Waals surface area (Å²) in [6.45, 7) is 3.88. The van der Waals surface area contributed by atoms with Crippen LogP contribution in [0, 0.1) is 13.8 Å². The molecule has 0 radical (unpaired) electrons. The highest BCUT2D eigenvalue weighted by Crippen LogP contribution is 2.30. The average Bonchev–Trinajstić information content (AvgIpc) is 2.46. The Morgan fingerprint density at radius 2 is 1.59 bits per heavy atom. The van der Waals surface area contributed by atoms with E-state index < -0.39 is 0 Å². The number of nitrogen functional groups attached to an aromatic ring is 1. The molecule has 0 fully saturated rings. The van der Waals surface area contributed by atoms with E-state index >= 15 is 0 Å². The van der Waals surface area contributed by atoms with Crippen LogP contribution >= 0.6 is 11.6 Å². The van der Waals surface area contributed by atoms with Crippen LogP contribution < -0.4 is 5.73 Å². The van der Waals surface area contributed by atoms with Crippen LogP contribution in [0.4, 0.5) is 5.95 Å². The Balaban J connectivity index is 2.24. The molecule has 2 N–H and O–H groups in total. The summed E-state index contributed by atoms with van der Waals surface area (Å²) in [5, 5.41) is 8.74. The van der Waals surface area contributed by atoms with E-state index in [2.05, 4.69) is 20.2 Å². The molecule has 0 saturated heterocycles. The minimum atomic E-state index is 0.126. The highest BCUT2D eigenvalue weighted by Gasteiger charge is 2.14. The predicted octanol–water partition coefficient (Wildman–Crippen LogP) is 3.45. The van der Waals surface area contributed by atoms with Crippen LogP contribution in [0.3, 0.4) is 0 Å². The summed E-state index contributed by atoms with van der Waals surface area (Å²) in [6, 6.07) is 11.3. The summed E-state index contributed by atoms with van der Waals surface area (Å²) in [4.78, 5) is 8.72. The van der Waals surface area contributed by atoms with Crippen LogP contribution in [-0.2, 0) is 0 Å². The van der Waals surface area contributed by atoms with Crippen molar-refractivity contribution >= 4 is 17.5 Å². The molecule has 0 aliphatic heterocycles. The molecule has 1 aromatic carbocycles. The molecule has 2 aromatic heterocycles. The first-order valence-corrected chi connectivity index (χ1v) is 7.12. The first kappa shape index (κ1) is 14.4. The minimum Gasteiger partial charge on any atom is -0.366 e. The van der Waals surface area contributed by atoms with E-state index in [1.807, 2.05) is 50.2 Å². The lowest BCUT2D eigenvalue weighted by Gasteiger charge is -2.09. The molecule has 5 nitrogen and oxygen atoms in total. The third-order valence-corrected chi connectivity index (χ3v) is 3.39. The number of nitrogens with two attached hydrogens (primary N) is 1. The Morgan fingerprint density at radius 1 is 0.864 bits per heavy atom. The zero-order valence-corrected chi connectivity index (χ0v) is 13.0. The molecule has 0 atom stereocenters. The van der Waals surface area contributed by atoms with Crippen LogP contribution in [0.1, 0.15) is 11.4 Å². The van der Waals surface area contributed by atoms with Gasteiger partial charge in [-0.25, -0.2) is 4.98 Å². The van der Waals surface area contributed by atoms with Gasteiger partial charge in [-0.05, 0) is 38.1 Å². The fourth-order valence-electron chi connectivity index (χ4n) is 2.34. The molecule has 0 unspecified atom stereocenters. The molecule has 6 heteroatoms. The van der Waals surface area contributed by atoms with Crippen LogP contribution in [0.15, 0.2) is 36.4 Å². The Kier molecular flexibility index (Phi) is 3.73. The molecule has 2 heterocycles. The monoisotopic (exact) mass is 311 g/mol. The van der Waals surface area contributed by atoms with Crippen molar-refractivity contribution in [3.05, 3.63) is 52.8 Å². The van der Waals surface area contributed by atoms with Gasteiger partial charge in [-0.3, -0.25) is 4.98 Å². The number of hydrogen-bond donors (Lipinski definition) is 1. The largest absolute Gasteiger partial charge is 0.366 e. The second kappa shape index (κ2) is 5.69. The van der Waals surface area contributed by atoms with Crippen LogP contribution in [0.2, 0.25) is 5.02 Å². The summed E-state index contributed by atoms with van der Waals surface area (Å²) in [7, 11) is 0. The molecule has 3 aromatic rings. The smallest absolute Gasteiger partial charge is 0.240 e. The Labute approximate surface area is 133 Å². The van der Waals surface area contributed by atoms with E-state index in [4.69, 9.17) is 17.3 Å². The van der Waals surface area contributed by atoms with Gasteiger partial charge in [-0.1, -0.05) is 23.7 Å². The topological polar surface area (TPSA) is 77.6 Å². The van der Waals surface area contributed by atoms with Crippen LogP contribution in [0.25, 0.3) is 22.5 Å². The molecule has 0 aliphatic rings. The van der Waals surface area contributed by atoms with Gasteiger partial charge in [0.15, 0.2) is 0 Å². The number of nitrogens with zero attached hydrogens (tertiary/aromatic N) is 4. The number of benzene rings is 1. The minimum absolute atomic E-state index is 0.126. The number of rotatable bonds is 2. The van der Waals surface area contributed by atoms with Gasteiger partial charge in [0.05, 0.1) is 0 Å². The van der Waals surface area contributed by atoms with Gasteiger partial charge in [0.2, 0.25) is 5.95 Å². The number of aromatic nitrogens is 4. The van der Waals surface area contributed by atoms with Crippen molar-refractivity contribution < 1.29 is 0 Å². The molecular formula is C16H14ClN5. The van der Waals surface area contributed by atoms with E-state index in [0.717, 1.165) is 22.5 Å². The number of anilines is 1. The second-order valence-electron chi connectivity index (χ2n) is 5.02. The van der Waals surface area contributed by atoms with E-state index in [1.54, 1.807) is 0 Å². The van der Waals surface area contributed by atoms with Crippen molar-refractivity contribution in [3.63, 3.8) is 0 Å². The lowest BCUT2D eigenvalue weighted by atomic mass is 10.0. The maximum absolute atomic E-state index is 6.08. The van der Waals surface area contributed by atoms with Crippen molar-refractivity contribution in [1.29, 1.82) is 0 Å². The normalized spacial score (nSPS) is 10.7. The van der Waals surface area contributed by atoms with Crippen LogP contribution in [-0.4, -0.2) is 20.2 Å². The fraction of sp³-hybridized carbons (Fsp3) is 0.125.